The third-order valence-corrected chi connectivity index (χ3v) is 4.28. The molecule has 7 heteroatoms. The van der Waals surface area contributed by atoms with E-state index in [0.29, 0.717) is 18.1 Å². The first-order valence-corrected chi connectivity index (χ1v) is 7.86. The maximum atomic E-state index is 12.3. The van der Waals surface area contributed by atoms with Crippen LogP contribution in [0.25, 0.3) is 11.2 Å². The van der Waals surface area contributed by atoms with Crippen molar-refractivity contribution in [3.05, 3.63) is 30.2 Å². The Kier molecular flexibility index (Phi) is 4.23. The van der Waals surface area contributed by atoms with E-state index in [-0.39, 0.29) is 5.91 Å². The Morgan fingerprint density at radius 1 is 1.39 bits per heavy atom. The number of aromatic nitrogens is 3. The lowest BCUT2D eigenvalue weighted by molar-refractivity contribution is -0.124. The molecule has 0 radical (unpaired) electrons. The van der Waals surface area contributed by atoms with Crippen molar-refractivity contribution in [3.8, 4) is 0 Å². The number of fused-ring (bicyclic) bond motifs is 1. The molecule has 1 fully saturated rings. The fourth-order valence-electron chi connectivity index (χ4n) is 3.25. The zero-order valence-corrected chi connectivity index (χ0v) is 13.4. The van der Waals surface area contributed by atoms with E-state index in [1.165, 1.54) is 0 Å². The molecule has 1 amide bonds. The zero-order chi connectivity index (χ0) is 16.4. The first-order valence-electron chi connectivity index (χ1n) is 7.86. The Morgan fingerprint density at radius 3 is 2.87 bits per heavy atom. The summed E-state index contributed by atoms with van der Waals surface area (Å²) in [5, 5.41) is 6.56. The second-order valence-corrected chi connectivity index (χ2v) is 6.39. The van der Waals surface area contributed by atoms with Crippen LogP contribution in [-0.4, -0.2) is 40.0 Å². The van der Waals surface area contributed by atoms with Gasteiger partial charge in [0.25, 0.3) is 0 Å². The minimum Gasteiger partial charge on any atom is -0.344 e. The monoisotopic (exact) mass is 314 g/mol. The average Bonchev–Trinajstić information content (AvgIpc) is 2.54. The molecule has 2 aromatic rings. The summed E-state index contributed by atoms with van der Waals surface area (Å²) in [6.07, 6.45) is 5.79. The third-order valence-electron chi connectivity index (χ3n) is 4.28. The van der Waals surface area contributed by atoms with E-state index < -0.39 is 11.6 Å². The van der Waals surface area contributed by atoms with Gasteiger partial charge in [0.15, 0.2) is 5.65 Å². The fraction of sp³-hybridized carbons (Fsp3) is 0.500. The van der Waals surface area contributed by atoms with E-state index in [2.05, 4.69) is 32.5 Å². The van der Waals surface area contributed by atoms with Crippen LogP contribution in [0.4, 0.5) is 0 Å². The number of piperidine rings is 1. The summed E-state index contributed by atoms with van der Waals surface area (Å²) in [5.74, 6) is 0.242. The van der Waals surface area contributed by atoms with Gasteiger partial charge in [0.2, 0.25) is 5.91 Å². The van der Waals surface area contributed by atoms with Crippen molar-refractivity contribution in [2.75, 3.05) is 13.1 Å². The van der Waals surface area contributed by atoms with Gasteiger partial charge in [0, 0.05) is 30.7 Å². The highest BCUT2D eigenvalue weighted by atomic mass is 16.2. The van der Waals surface area contributed by atoms with Gasteiger partial charge in [-0.3, -0.25) is 9.78 Å². The molecule has 0 unspecified atom stereocenters. The zero-order valence-electron chi connectivity index (χ0n) is 13.4. The molecule has 3 heterocycles. The Morgan fingerprint density at radius 2 is 2.13 bits per heavy atom. The highest BCUT2D eigenvalue weighted by molar-refractivity contribution is 5.83. The number of carbonyl (C=O) groups is 1. The van der Waals surface area contributed by atoms with E-state index >= 15 is 0 Å². The van der Waals surface area contributed by atoms with Crippen LogP contribution >= 0.6 is 0 Å². The number of amides is 1. The lowest BCUT2D eigenvalue weighted by Crippen LogP contribution is -2.59. The molecule has 0 bridgehead atoms. The number of hydrogen-bond donors (Lipinski definition) is 3. The van der Waals surface area contributed by atoms with Gasteiger partial charge in [-0.2, -0.15) is 0 Å². The molecule has 1 aliphatic heterocycles. The van der Waals surface area contributed by atoms with Crippen LogP contribution in [-0.2, 0) is 10.3 Å². The molecule has 7 nitrogen and oxygen atoms in total. The summed E-state index contributed by atoms with van der Waals surface area (Å²) < 4.78 is 0. The lowest BCUT2D eigenvalue weighted by atomic mass is 9.78. The van der Waals surface area contributed by atoms with Gasteiger partial charge in [0.05, 0.1) is 11.6 Å². The molecule has 4 N–H and O–H groups in total. The van der Waals surface area contributed by atoms with E-state index in [1.54, 1.807) is 25.5 Å². The van der Waals surface area contributed by atoms with Gasteiger partial charge in [-0.25, -0.2) is 9.97 Å². The van der Waals surface area contributed by atoms with Crippen LogP contribution in [0.3, 0.4) is 0 Å². The van der Waals surface area contributed by atoms with Crippen molar-refractivity contribution in [1.29, 1.82) is 0 Å². The summed E-state index contributed by atoms with van der Waals surface area (Å²) in [6, 6.07) is 1.35. The smallest absolute Gasteiger partial charge is 0.237 e. The highest BCUT2D eigenvalue weighted by Crippen LogP contribution is 2.34. The Bertz CT molecular complexity index is 713. The van der Waals surface area contributed by atoms with Crippen molar-refractivity contribution in [3.63, 3.8) is 0 Å². The van der Waals surface area contributed by atoms with Crippen molar-refractivity contribution >= 4 is 17.1 Å². The van der Waals surface area contributed by atoms with Crippen molar-refractivity contribution in [2.24, 2.45) is 11.7 Å². The van der Waals surface area contributed by atoms with Gasteiger partial charge in [-0.05, 0) is 31.9 Å². The molecule has 2 aromatic heterocycles. The van der Waals surface area contributed by atoms with Crippen LogP contribution in [0, 0.1) is 5.92 Å². The van der Waals surface area contributed by atoms with Crippen LogP contribution in [0.5, 0.6) is 0 Å². The molecule has 1 aliphatic rings. The van der Waals surface area contributed by atoms with Gasteiger partial charge in [0.1, 0.15) is 5.52 Å². The van der Waals surface area contributed by atoms with Gasteiger partial charge in [-0.15, -0.1) is 0 Å². The number of rotatable bonds is 3. The predicted octanol–water partition coefficient (Wildman–Crippen LogP) is 0.313. The molecular formula is C16H22N6O. The lowest BCUT2D eigenvalue weighted by Gasteiger charge is -2.42. The topological polar surface area (TPSA) is 106 Å². The maximum Gasteiger partial charge on any atom is 0.237 e. The Balaban J connectivity index is 2.12. The molecule has 0 spiro atoms. The van der Waals surface area contributed by atoms with Crippen molar-refractivity contribution in [2.45, 2.75) is 31.8 Å². The minimum absolute atomic E-state index is 0.172. The van der Waals surface area contributed by atoms with Crippen LogP contribution in [0.2, 0.25) is 0 Å². The van der Waals surface area contributed by atoms with E-state index in [1.807, 2.05) is 6.07 Å². The summed E-state index contributed by atoms with van der Waals surface area (Å²) >= 11 is 0. The number of hydrogen-bond acceptors (Lipinski definition) is 6. The third kappa shape index (κ3) is 3.02. The molecule has 3 rings (SSSR count). The van der Waals surface area contributed by atoms with Crippen LogP contribution < -0.4 is 16.4 Å². The standard InChI is InChI=1S/C16H22N6O/c1-10-7-16(9-18-8-10,22-15(23)11(2)17)12-3-4-20-14-13(12)19-5-6-21-14/h3-6,10-11,18H,7-9,17H2,1-2H3,(H,22,23)/t10-,11-,16-/m0/s1. The number of nitrogens with two attached hydrogens (primary N) is 1. The van der Waals surface area contributed by atoms with Crippen molar-refractivity contribution in [1.82, 2.24) is 25.6 Å². The van der Waals surface area contributed by atoms with Crippen LogP contribution in [0.15, 0.2) is 24.7 Å². The van der Waals surface area contributed by atoms with Crippen molar-refractivity contribution < 1.29 is 4.79 Å². The highest BCUT2D eigenvalue weighted by Gasteiger charge is 2.40. The SMILES string of the molecule is C[C@@H]1CNC[C@](NC(=O)[C@H](C)N)(c2ccnc3nccnc23)C1. The molecule has 23 heavy (non-hydrogen) atoms. The average molecular weight is 314 g/mol. The summed E-state index contributed by atoms with van der Waals surface area (Å²) in [7, 11) is 0. The number of nitrogens with one attached hydrogen (secondary N) is 2. The number of carbonyl (C=O) groups excluding carboxylic acids is 1. The predicted molar refractivity (Wildman–Crippen MR) is 87.5 cm³/mol. The molecule has 122 valence electrons. The molecule has 0 saturated carbocycles. The van der Waals surface area contributed by atoms with E-state index in [9.17, 15) is 4.79 Å². The second-order valence-electron chi connectivity index (χ2n) is 6.39. The normalized spacial score (nSPS) is 26.0. The fourth-order valence-corrected chi connectivity index (χ4v) is 3.25. The molecule has 1 saturated heterocycles. The molecule has 3 atom stereocenters. The first kappa shape index (κ1) is 15.8. The largest absolute Gasteiger partial charge is 0.344 e. The van der Waals surface area contributed by atoms with E-state index in [0.717, 1.165) is 24.0 Å². The Hall–Kier alpha value is -2.12. The van der Waals surface area contributed by atoms with Crippen LogP contribution in [0.1, 0.15) is 25.8 Å². The summed E-state index contributed by atoms with van der Waals surface area (Å²) in [4.78, 5) is 25.3. The minimum atomic E-state index is -0.566. The van der Waals surface area contributed by atoms with Gasteiger partial charge in [-0.1, -0.05) is 6.92 Å². The molecule has 0 aliphatic carbocycles. The van der Waals surface area contributed by atoms with E-state index in [4.69, 9.17) is 5.73 Å². The molecule has 0 aromatic carbocycles. The van der Waals surface area contributed by atoms with Gasteiger partial charge < -0.3 is 16.4 Å². The number of nitrogens with zero attached hydrogens (tertiary/aromatic N) is 3. The quantitative estimate of drug-likeness (QED) is 0.753. The second kappa shape index (κ2) is 6.17. The molecular weight excluding hydrogens is 292 g/mol. The summed E-state index contributed by atoms with van der Waals surface area (Å²) in [6.45, 7) is 5.40. The Labute approximate surface area is 135 Å². The van der Waals surface area contributed by atoms with Gasteiger partial charge >= 0.3 is 0 Å². The first-order chi connectivity index (χ1) is 11.0. The summed E-state index contributed by atoms with van der Waals surface area (Å²) in [5.41, 5.74) is 7.44. The maximum absolute atomic E-state index is 12.3. The number of pyridine rings is 1.